The van der Waals surface area contributed by atoms with Crippen molar-refractivity contribution in [2.45, 2.75) is 31.0 Å². The normalized spacial score (nSPS) is 28.5. The van der Waals surface area contributed by atoms with Crippen molar-refractivity contribution in [3.05, 3.63) is 36.4 Å². The predicted octanol–water partition coefficient (Wildman–Crippen LogP) is 2.75. The van der Waals surface area contributed by atoms with Gasteiger partial charge in [0.1, 0.15) is 5.65 Å². The van der Waals surface area contributed by atoms with Gasteiger partial charge in [-0.3, -0.25) is 4.68 Å². The van der Waals surface area contributed by atoms with Gasteiger partial charge in [-0.25, -0.2) is 4.98 Å². The summed E-state index contributed by atoms with van der Waals surface area (Å²) in [5.74, 6) is 0.398. The largest absolute Gasteiger partial charge is 0.373 e. The molecule has 0 amide bonds. The van der Waals surface area contributed by atoms with Gasteiger partial charge in [-0.15, -0.1) is 0 Å². The topological polar surface area (TPSA) is 79.5 Å². The van der Waals surface area contributed by atoms with E-state index in [1.165, 1.54) is 5.56 Å². The molecular formula is C18H17N5O. The van der Waals surface area contributed by atoms with E-state index in [1.54, 1.807) is 4.68 Å². The van der Waals surface area contributed by atoms with E-state index in [0.717, 1.165) is 35.0 Å². The summed E-state index contributed by atoms with van der Waals surface area (Å²) in [6, 6.07) is 4.59. The highest BCUT2D eigenvalue weighted by Crippen LogP contribution is 2.47. The summed E-state index contributed by atoms with van der Waals surface area (Å²) >= 11 is 0. The molecule has 5 rings (SSSR count). The molecule has 3 aromatic heterocycles. The van der Waals surface area contributed by atoms with Gasteiger partial charge >= 0.3 is 0 Å². The lowest BCUT2D eigenvalue weighted by Gasteiger charge is -2.21. The number of nitrogens with one attached hydrogen (secondary N) is 1. The number of nitriles is 1. The van der Waals surface area contributed by atoms with E-state index in [-0.39, 0.29) is 18.1 Å². The van der Waals surface area contributed by atoms with Gasteiger partial charge in [0.15, 0.2) is 0 Å². The number of fused-ring (bicyclic) bond motifs is 3. The smallest absolute Gasteiger partial charge is 0.137 e. The molecule has 120 valence electrons. The Kier molecular flexibility index (Phi) is 2.82. The lowest BCUT2D eigenvalue weighted by atomic mass is 9.79. The van der Waals surface area contributed by atoms with E-state index in [4.69, 9.17) is 10.00 Å². The minimum Gasteiger partial charge on any atom is -0.373 e. The van der Waals surface area contributed by atoms with Crippen LogP contribution in [-0.4, -0.2) is 32.0 Å². The summed E-state index contributed by atoms with van der Waals surface area (Å²) in [5.41, 5.74) is 4.29. The lowest BCUT2D eigenvalue weighted by molar-refractivity contribution is 0.0951. The van der Waals surface area contributed by atoms with Crippen LogP contribution in [0.15, 0.2) is 30.9 Å². The minimum atomic E-state index is 0.0566. The molecule has 0 aromatic carbocycles. The van der Waals surface area contributed by atoms with Crippen LogP contribution in [0.5, 0.6) is 0 Å². The van der Waals surface area contributed by atoms with Crippen LogP contribution < -0.4 is 0 Å². The summed E-state index contributed by atoms with van der Waals surface area (Å²) in [7, 11) is 1.92. The SMILES string of the molecule is Cn1cc(-c2c[nH]c3ncc(C4C[C@H]5OC4CC5C#N)cc23)cn1. The molecule has 6 heteroatoms. The van der Waals surface area contributed by atoms with E-state index in [1.807, 2.05) is 31.8 Å². The first-order valence-corrected chi connectivity index (χ1v) is 8.24. The predicted molar refractivity (Wildman–Crippen MR) is 88.0 cm³/mol. The van der Waals surface area contributed by atoms with Crippen molar-refractivity contribution in [1.29, 1.82) is 5.26 Å². The zero-order valence-corrected chi connectivity index (χ0v) is 13.3. The lowest BCUT2D eigenvalue weighted by Crippen LogP contribution is -2.20. The van der Waals surface area contributed by atoms with Crippen molar-refractivity contribution >= 4 is 11.0 Å². The number of hydrogen-bond acceptors (Lipinski definition) is 4. The molecule has 0 saturated carbocycles. The molecule has 6 nitrogen and oxygen atoms in total. The van der Waals surface area contributed by atoms with Gasteiger partial charge in [-0.1, -0.05) is 0 Å². The minimum absolute atomic E-state index is 0.0566. The molecule has 24 heavy (non-hydrogen) atoms. The van der Waals surface area contributed by atoms with Crippen molar-refractivity contribution in [1.82, 2.24) is 19.7 Å². The fraction of sp³-hybridized carbons (Fsp3) is 0.389. The second-order valence-electron chi connectivity index (χ2n) is 6.80. The van der Waals surface area contributed by atoms with Crippen molar-refractivity contribution in [2.75, 3.05) is 0 Å². The maximum Gasteiger partial charge on any atom is 0.137 e. The van der Waals surface area contributed by atoms with Crippen LogP contribution in [0.2, 0.25) is 0 Å². The molecule has 4 atom stereocenters. The molecule has 2 fully saturated rings. The summed E-state index contributed by atoms with van der Waals surface area (Å²) in [4.78, 5) is 7.84. The molecule has 2 saturated heterocycles. The number of nitrogens with zero attached hydrogens (tertiary/aromatic N) is 4. The van der Waals surface area contributed by atoms with Crippen LogP contribution in [0, 0.1) is 17.2 Å². The van der Waals surface area contributed by atoms with E-state index in [9.17, 15) is 0 Å². The number of rotatable bonds is 2. The second-order valence-corrected chi connectivity index (χ2v) is 6.80. The monoisotopic (exact) mass is 319 g/mol. The van der Waals surface area contributed by atoms with Crippen LogP contribution >= 0.6 is 0 Å². The Morgan fingerprint density at radius 1 is 1.33 bits per heavy atom. The Labute approximate surface area is 139 Å². The number of H-pyrrole nitrogens is 1. The van der Waals surface area contributed by atoms with E-state index < -0.39 is 0 Å². The van der Waals surface area contributed by atoms with Crippen LogP contribution in [0.4, 0.5) is 0 Å². The summed E-state index contributed by atoms with van der Waals surface area (Å²) in [6.45, 7) is 0. The number of aryl methyl sites for hydroxylation is 1. The quantitative estimate of drug-likeness (QED) is 0.787. The fourth-order valence-corrected chi connectivity index (χ4v) is 4.17. The van der Waals surface area contributed by atoms with Gasteiger partial charge in [-0.05, 0) is 24.5 Å². The van der Waals surface area contributed by atoms with E-state index >= 15 is 0 Å². The molecule has 0 radical (unpaired) electrons. The number of hydrogen-bond donors (Lipinski definition) is 1. The molecule has 2 bridgehead atoms. The van der Waals surface area contributed by atoms with Crippen molar-refractivity contribution < 1.29 is 4.74 Å². The van der Waals surface area contributed by atoms with Gasteiger partial charge in [0.2, 0.25) is 0 Å². The van der Waals surface area contributed by atoms with Crippen LogP contribution in [0.1, 0.15) is 24.3 Å². The number of pyridine rings is 1. The zero-order chi connectivity index (χ0) is 16.3. The van der Waals surface area contributed by atoms with Crippen molar-refractivity contribution in [3.63, 3.8) is 0 Å². The highest BCUT2D eigenvalue weighted by Gasteiger charge is 2.47. The maximum atomic E-state index is 9.17. The first-order valence-electron chi connectivity index (χ1n) is 8.24. The van der Waals surface area contributed by atoms with E-state index in [2.05, 4.69) is 27.2 Å². The average molecular weight is 319 g/mol. The Morgan fingerprint density at radius 2 is 2.25 bits per heavy atom. The molecule has 5 heterocycles. The zero-order valence-electron chi connectivity index (χ0n) is 13.3. The van der Waals surface area contributed by atoms with Crippen LogP contribution in [-0.2, 0) is 11.8 Å². The third-order valence-electron chi connectivity index (χ3n) is 5.38. The summed E-state index contributed by atoms with van der Waals surface area (Å²) in [6.07, 6.45) is 9.81. The van der Waals surface area contributed by atoms with Gasteiger partial charge < -0.3 is 9.72 Å². The molecule has 3 unspecified atom stereocenters. The van der Waals surface area contributed by atoms with Crippen molar-refractivity contribution in [3.8, 4) is 17.2 Å². The average Bonchev–Trinajstić information content (AvgIpc) is 3.35. The Bertz CT molecular complexity index is 965. The maximum absolute atomic E-state index is 9.17. The van der Waals surface area contributed by atoms with Gasteiger partial charge in [0, 0.05) is 48.1 Å². The van der Waals surface area contributed by atoms with E-state index in [0.29, 0.717) is 5.92 Å². The second kappa shape index (κ2) is 4.92. The molecule has 0 spiro atoms. The molecule has 3 aromatic rings. The van der Waals surface area contributed by atoms with Crippen LogP contribution in [0.3, 0.4) is 0 Å². The number of aromatic nitrogens is 4. The Morgan fingerprint density at radius 3 is 2.96 bits per heavy atom. The van der Waals surface area contributed by atoms with Gasteiger partial charge in [-0.2, -0.15) is 10.4 Å². The molecule has 2 aliphatic rings. The Hall–Kier alpha value is -2.65. The van der Waals surface area contributed by atoms with Gasteiger partial charge in [0.25, 0.3) is 0 Å². The Balaban J connectivity index is 1.54. The highest BCUT2D eigenvalue weighted by molar-refractivity contribution is 5.93. The van der Waals surface area contributed by atoms with Gasteiger partial charge in [0.05, 0.1) is 30.4 Å². The molecule has 0 aliphatic carbocycles. The van der Waals surface area contributed by atoms with Crippen LogP contribution in [0.25, 0.3) is 22.2 Å². The first-order chi connectivity index (χ1) is 11.7. The highest BCUT2D eigenvalue weighted by atomic mass is 16.5. The summed E-state index contributed by atoms with van der Waals surface area (Å²) in [5, 5.41) is 14.5. The van der Waals surface area contributed by atoms with Crippen molar-refractivity contribution in [2.24, 2.45) is 13.0 Å². The molecule has 2 aliphatic heterocycles. The number of ether oxygens (including phenoxy) is 1. The fourth-order valence-electron chi connectivity index (χ4n) is 4.17. The third-order valence-corrected chi connectivity index (χ3v) is 5.38. The standard InChI is InChI=1S/C18H17N5O/c1-23-9-12(7-22-23)15-8-21-18-14(15)2-11(6-20-18)13-4-16-10(5-19)3-17(13)24-16/h2,6-10,13,16-17H,3-4H2,1H3,(H,20,21)/t10?,13?,16-,17?/m1/s1. The first kappa shape index (κ1) is 13.8. The molecular weight excluding hydrogens is 302 g/mol. The molecule has 1 N–H and O–H groups in total. The third kappa shape index (κ3) is 1.91. The number of aromatic amines is 1. The summed E-state index contributed by atoms with van der Waals surface area (Å²) < 4.78 is 7.79.